The summed E-state index contributed by atoms with van der Waals surface area (Å²) in [6.07, 6.45) is 0. The number of sulfonamides is 1. The van der Waals surface area contributed by atoms with Crippen LogP contribution in [0.5, 0.6) is 0 Å². The Morgan fingerprint density at radius 3 is 2.35 bits per heavy atom. The number of nitrogen functional groups attached to an aromatic ring is 1. The van der Waals surface area contributed by atoms with Gasteiger partial charge in [-0.3, -0.25) is 0 Å². The zero-order chi connectivity index (χ0) is 15.7. The Balaban J connectivity index is 2.96. The minimum absolute atomic E-state index is 0.0342. The maximum absolute atomic E-state index is 12.3. The second kappa shape index (κ2) is 5.92. The quantitative estimate of drug-likeness (QED) is 0.837. The number of halogens is 1. The van der Waals surface area contributed by atoms with Crippen molar-refractivity contribution in [2.45, 2.75) is 39.5 Å². The molecule has 1 aromatic carbocycles. The Morgan fingerprint density at radius 1 is 1.35 bits per heavy atom. The van der Waals surface area contributed by atoms with E-state index in [1.54, 1.807) is 6.92 Å². The fourth-order valence-corrected chi connectivity index (χ4v) is 2.94. The molecule has 0 amide bonds. The van der Waals surface area contributed by atoms with Crippen molar-refractivity contribution in [2.24, 2.45) is 11.3 Å². The monoisotopic (exact) mass is 318 g/mol. The van der Waals surface area contributed by atoms with Gasteiger partial charge in [-0.05, 0) is 36.0 Å². The molecule has 1 aromatic rings. The fraction of sp³-hybridized carbons (Fsp3) is 0.571. The van der Waals surface area contributed by atoms with Gasteiger partial charge in [0.25, 0.3) is 0 Å². The fourth-order valence-electron chi connectivity index (χ4n) is 1.45. The third kappa shape index (κ3) is 4.11. The summed E-state index contributed by atoms with van der Waals surface area (Å²) in [6.45, 7) is 10.4. The number of anilines is 1. The standard InChI is InChI=1S/C14H23ClN2O2S/c1-9(14(3,4)5)8-17-20(18,19)11-6-12(15)10(2)13(16)7-11/h6-7,9,17H,8,16H2,1-5H3. The molecule has 0 saturated carbocycles. The maximum Gasteiger partial charge on any atom is 0.240 e. The highest BCUT2D eigenvalue weighted by molar-refractivity contribution is 7.89. The second-order valence-corrected chi connectivity index (χ2v) is 8.41. The van der Waals surface area contributed by atoms with Gasteiger partial charge in [-0.25, -0.2) is 13.1 Å². The van der Waals surface area contributed by atoms with Crippen molar-refractivity contribution in [1.82, 2.24) is 4.72 Å². The molecule has 3 N–H and O–H groups in total. The van der Waals surface area contributed by atoms with Crippen LogP contribution < -0.4 is 10.5 Å². The summed E-state index contributed by atoms with van der Waals surface area (Å²) in [7, 11) is -3.59. The summed E-state index contributed by atoms with van der Waals surface area (Å²) in [4.78, 5) is 0.103. The van der Waals surface area contributed by atoms with Crippen LogP contribution >= 0.6 is 11.6 Å². The van der Waals surface area contributed by atoms with E-state index >= 15 is 0 Å². The van der Waals surface area contributed by atoms with Gasteiger partial charge in [-0.15, -0.1) is 0 Å². The van der Waals surface area contributed by atoms with Crippen molar-refractivity contribution in [2.75, 3.05) is 12.3 Å². The molecule has 114 valence electrons. The van der Waals surface area contributed by atoms with Crippen LogP contribution in [-0.2, 0) is 10.0 Å². The van der Waals surface area contributed by atoms with Crippen LogP contribution in [0.25, 0.3) is 0 Å². The van der Waals surface area contributed by atoms with Crippen LogP contribution in [0.3, 0.4) is 0 Å². The molecule has 1 unspecified atom stereocenters. The first-order valence-corrected chi connectivity index (χ1v) is 8.36. The van der Waals surface area contributed by atoms with E-state index in [4.69, 9.17) is 17.3 Å². The van der Waals surface area contributed by atoms with Gasteiger partial charge in [0.2, 0.25) is 10.0 Å². The Hall–Kier alpha value is -0.780. The molecule has 0 saturated heterocycles. The Bertz CT molecular complexity index is 569. The number of nitrogens with one attached hydrogen (secondary N) is 1. The SMILES string of the molecule is Cc1c(N)cc(S(=O)(=O)NCC(C)C(C)(C)C)cc1Cl. The Morgan fingerprint density at radius 2 is 1.90 bits per heavy atom. The third-order valence-electron chi connectivity index (χ3n) is 3.73. The van der Waals surface area contributed by atoms with Gasteiger partial charge in [0.1, 0.15) is 0 Å². The molecule has 4 nitrogen and oxygen atoms in total. The maximum atomic E-state index is 12.3. The molecule has 6 heteroatoms. The van der Waals surface area contributed by atoms with Gasteiger partial charge in [0.15, 0.2) is 0 Å². The van der Waals surface area contributed by atoms with Crippen LogP contribution in [0.4, 0.5) is 5.69 Å². The number of hydrogen-bond donors (Lipinski definition) is 2. The van der Waals surface area contributed by atoms with E-state index in [9.17, 15) is 8.42 Å². The highest BCUT2D eigenvalue weighted by atomic mass is 35.5. The Kier molecular flexibility index (Phi) is 5.11. The predicted molar refractivity (Wildman–Crippen MR) is 84.4 cm³/mol. The molecule has 0 spiro atoms. The summed E-state index contributed by atoms with van der Waals surface area (Å²) < 4.78 is 27.1. The van der Waals surface area contributed by atoms with E-state index in [0.717, 1.165) is 0 Å². The van der Waals surface area contributed by atoms with Crippen molar-refractivity contribution >= 4 is 27.3 Å². The van der Waals surface area contributed by atoms with Gasteiger partial charge in [-0.2, -0.15) is 0 Å². The average molecular weight is 319 g/mol. The molecule has 0 radical (unpaired) electrons. The third-order valence-corrected chi connectivity index (χ3v) is 5.52. The number of hydrogen-bond acceptors (Lipinski definition) is 3. The lowest BCUT2D eigenvalue weighted by Crippen LogP contribution is -2.33. The zero-order valence-corrected chi connectivity index (χ0v) is 14.2. The summed E-state index contributed by atoms with van der Waals surface area (Å²) in [5.41, 5.74) is 6.87. The van der Waals surface area contributed by atoms with Crippen molar-refractivity contribution in [3.05, 3.63) is 22.7 Å². The minimum atomic E-state index is -3.59. The van der Waals surface area contributed by atoms with Crippen LogP contribution in [0, 0.1) is 18.3 Å². The first-order valence-electron chi connectivity index (χ1n) is 6.50. The first kappa shape index (κ1) is 17.3. The van der Waals surface area contributed by atoms with E-state index in [1.165, 1.54) is 12.1 Å². The smallest absolute Gasteiger partial charge is 0.240 e. The summed E-state index contributed by atoms with van der Waals surface area (Å²) in [5, 5.41) is 0.356. The lowest BCUT2D eigenvalue weighted by atomic mass is 9.82. The molecule has 0 heterocycles. The lowest BCUT2D eigenvalue weighted by molar-refractivity contribution is 0.263. The van der Waals surface area contributed by atoms with Crippen LogP contribution in [0.1, 0.15) is 33.3 Å². The lowest BCUT2D eigenvalue weighted by Gasteiger charge is -2.27. The van der Waals surface area contributed by atoms with Crippen molar-refractivity contribution in [3.8, 4) is 0 Å². The largest absolute Gasteiger partial charge is 0.398 e. The second-order valence-electron chi connectivity index (χ2n) is 6.24. The molecule has 1 rings (SSSR count). The van der Waals surface area contributed by atoms with Gasteiger partial charge >= 0.3 is 0 Å². The van der Waals surface area contributed by atoms with Gasteiger partial charge in [0, 0.05) is 17.3 Å². The van der Waals surface area contributed by atoms with E-state index in [-0.39, 0.29) is 16.2 Å². The predicted octanol–water partition coefficient (Wildman–Crippen LogP) is 3.19. The molecule has 1 atom stereocenters. The van der Waals surface area contributed by atoms with Crippen molar-refractivity contribution in [1.29, 1.82) is 0 Å². The number of rotatable bonds is 4. The minimum Gasteiger partial charge on any atom is -0.398 e. The molecular formula is C14H23ClN2O2S. The molecule has 0 fully saturated rings. The van der Waals surface area contributed by atoms with Crippen LogP contribution in [0.15, 0.2) is 17.0 Å². The summed E-state index contributed by atoms with van der Waals surface area (Å²) in [5.74, 6) is 0.204. The summed E-state index contributed by atoms with van der Waals surface area (Å²) >= 11 is 5.99. The molecule has 0 aromatic heterocycles. The molecule has 0 aliphatic rings. The van der Waals surface area contributed by atoms with Gasteiger partial charge in [0.05, 0.1) is 4.90 Å². The highest BCUT2D eigenvalue weighted by Crippen LogP contribution is 2.27. The van der Waals surface area contributed by atoms with Crippen molar-refractivity contribution in [3.63, 3.8) is 0 Å². The van der Waals surface area contributed by atoms with Gasteiger partial charge in [-0.1, -0.05) is 39.3 Å². The topological polar surface area (TPSA) is 72.2 Å². The molecular weight excluding hydrogens is 296 g/mol. The van der Waals surface area contributed by atoms with Gasteiger partial charge < -0.3 is 5.73 Å². The van der Waals surface area contributed by atoms with E-state index in [2.05, 4.69) is 25.5 Å². The molecule has 20 heavy (non-hydrogen) atoms. The average Bonchev–Trinajstić information content (AvgIpc) is 2.31. The van der Waals surface area contributed by atoms with Crippen LogP contribution in [-0.4, -0.2) is 15.0 Å². The summed E-state index contributed by atoms with van der Waals surface area (Å²) in [6, 6.07) is 2.86. The zero-order valence-electron chi connectivity index (χ0n) is 12.6. The first-order chi connectivity index (χ1) is 8.95. The molecule has 0 bridgehead atoms. The number of benzene rings is 1. The van der Waals surface area contributed by atoms with Crippen molar-refractivity contribution < 1.29 is 8.42 Å². The van der Waals surface area contributed by atoms with E-state index in [1.807, 2.05) is 6.92 Å². The Labute approximate surface area is 126 Å². The van der Waals surface area contributed by atoms with E-state index < -0.39 is 10.0 Å². The normalized spacial score (nSPS) is 14.3. The van der Waals surface area contributed by atoms with E-state index in [0.29, 0.717) is 22.8 Å². The van der Waals surface area contributed by atoms with Crippen LogP contribution in [0.2, 0.25) is 5.02 Å². The molecule has 0 aliphatic carbocycles. The molecule has 0 aliphatic heterocycles. The number of nitrogens with two attached hydrogens (primary N) is 1. The highest BCUT2D eigenvalue weighted by Gasteiger charge is 2.23.